The van der Waals surface area contributed by atoms with Crippen LogP contribution < -0.4 is 10.6 Å². The SMILES string of the molecule is NC(=NO)c1cnc(N(CC(F)(F)F)C2CC2)cn1. The zero-order chi connectivity index (χ0) is 14.0. The van der Waals surface area contributed by atoms with Gasteiger partial charge in [-0.1, -0.05) is 5.16 Å². The minimum Gasteiger partial charge on any atom is -0.409 e. The topological polar surface area (TPSA) is 87.6 Å². The van der Waals surface area contributed by atoms with Crippen LogP contribution in [0.25, 0.3) is 0 Å². The largest absolute Gasteiger partial charge is 0.409 e. The van der Waals surface area contributed by atoms with Crippen molar-refractivity contribution in [1.29, 1.82) is 0 Å². The molecule has 1 heterocycles. The molecule has 9 heteroatoms. The molecule has 19 heavy (non-hydrogen) atoms. The van der Waals surface area contributed by atoms with Gasteiger partial charge in [-0.3, -0.25) is 0 Å². The summed E-state index contributed by atoms with van der Waals surface area (Å²) < 4.78 is 37.4. The van der Waals surface area contributed by atoms with Crippen molar-refractivity contribution in [3.8, 4) is 0 Å². The van der Waals surface area contributed by atoms with Crippen LogP contribution in [0.4, 0.5) is 19.0 Å². The van der Waals surface area contributed by atoms with E-state index in [1.807, 2.05) is 0 Å². The van der Waals surface area contributed by atoms with Crippen molar-refractivity contribution in [2.45, 2.75) is 25.1 Å². The smallest absolute Gasteiger partial charge is 0.405 e. The van der Waals surface area contributed by atoms with Gasteiger partial charge in [-0.25, -0.2) is 9.97 Å². The highest BCUT2D eigenvalue weighted by Gasteiger charge is 2.38. The van der Waals surface area contributed by atoms with Crippen LogP contribution in [0, 0.1) is 0 Å². The van der Waals surface area contributed by atoms with Gasteiger partial charge in [0.1, 0.15) is 18.1 Å². The minimum absolute atomic E-state index is 0.106. The Kier molecular flexibility index (Phi) is 3.45. The zero-order valence-corrected chi connectivity index (χ0v) is 9.80. The summed E-state index contributed by atoms with van der Waals surface area (Å²) in [4.78, 5) is 8.88. The molecular weight excluding hydrogens is 263 g/mol. The summed E-state index contributed by atoms with van der Waals surface area (Å²) in [5.41, 5.74) is 5.40. The molecule has 0 spiro atoms. The first-order valence-electron chi connectivity index (χ1n) is 5.54. The highest BCUT2D eigenvalue weighted by atomic mass is 19.4. The molecule has 2 rings (SSSR count). The zero-order valence-electron chi connectivity index (χ0n) is 9.80. The number of halogens is 3. The monoisotopic (exact) mass is 275 g/mol. The van der Waals surface area contributed by atoms with Crippen molar-refractivity contribution in [2.24, 2.45) is 10.9 Å². The third-order valence-electron chi connectivity index (χ3n) is 2.64. The van der Waals surface area contributed by atoms with E-state index in [0.717, 1.165) is 0 Å². The lowest BCUT2D eigenvalue weighted by Gasteiger charge is -2.24. The van der Waals surface area contributed by atoms with Gasteiger partial charge in [0.15, 0.2) is 5.84 Å². The number of oxime groups is 1. The molecule has 0 saturated heterocycles. The van der Waals surface area contributed by atoms with Gasteiger partial charge < -0.3 is 15.8 Å². The molecule has 1 aromatic rings. The molecule has 0 bridgehead atoms. The van der Waals surface area contributed by atoms with Gasteiger partial charge in [0.2, 0.25) is 0 Å². The van der Waals surface area contributed by atoms with Crippen LogP contribution in [0.5, 0.6) is 0 Å². The highest BCUT2D eigenvalue weighted by Crippen LogP contribution is 2.33. The summed E-state index contributed by atoms with van der Waals surface area (Å²) >= 11 is 0. The Bertz CT molecular complexity index is 469. The predicted octanol–water partition coefficient (Wildman–Crippen LogP) is 1.10. The maximum absolute atomic E-state index is 12.5. The standard InChI is InChI=1S/C10H12F3N5O/c11-10(12,13)5-18(6-1-2-6)8-4-15-7(3-16-8)9(14)17-19/h3-4,6,19H,1-2,5H2,(H2,14,17). The van der Waals surface area contributed by atoms with Crippen molar-refractivity contribution < 1.29 is 18.4 Å². The van der Waals surface area contributed by atoms with Gasteiger partial charge in [0.05, 0.1) is 12.4 Å². The number of hydrogen-bond donors (Lipinski definition) is 2. The Morgan fingerprint density at radius 2 is 2.11 bits per heavy atom. The second kappa shape index (κ2) is 4.90. The summed E-state index contributed by atoms with van der Waals surface area (Å²) in [5.74, 6) is -0.109. The fourth-order valence-corrected chi connectivity index (χ4v) is 1.63. The summed E-state index contributed by atoms with van der Waals surface area (Å²) in [6, 6.07) is -0.148. The van der Waals surface area contributed by atoms with Crippen molar-refractivity contribution in [1.82, 2.24) is 9.97 Å². The number of amidine groups is 1. The van der Waals surface area contributed by atoms with E-state index in [4.69, 9.17) is 10.9 Å². The first-order valence-corrected chi connectivity index (χ1v) is 5.54. The van der Waals surface area contributed by atoms with Gasteiger partial charge in [0.25, 0.3) is 0 Å². The fourth-order valence-electron chi connectivity index (χ4n) is 1.63. The lowest BCUT2D eigenvalue weighted by Crippen LogP contribution is -2.36. The van der Waals surface area contributed by atoms with Gasteiger partial charge in [0, 0.05) is 6.04 Å². The molecule has 1 aliphatic rings. The molecule has 104 valence electrons. The number of rotatable bonds is 4. The van der Waals surface area contributed by atoms with Crippen molar-refractivity contribution in [3.05, 3.63) is 18.1 Å². The van der Waals surface area contributed by atoms with E-state index in [1.54, 1.807) is 0 Å². The molecule has 0 aliphatic heterocycles. The quantitative estimate of drug-likeness (QED) is 0.372. The van der Waals surface area contributed by atoms with E-state index in [9.17, 15) is 13.2 Å². The van der Waals surface area contributed by atoms with Crippen LogP contribution in [0.15, 0.2) is 17.5 Å². The minimum atomic E-state index is -4.30. The van der Waals surface area contributed by atoms with Crippen LogP contribution in [-0.2, 0) is 0 Å². The third kappa shape index (κ3) is 3.46. The lowest BCUT2D eigenvalue weighted by atomic mass is 10.4. The Labute approximate surface area is 106 Å². The van der Waals surface area contributed by atoms with E-state index in [2.05, 4.69) is 15.1 Å². The Hall–Kier alpha value is -2.06. The second-order valence-corrected chi connectivity index (χ2v) is 4.22. The number of nitrogens with zero attached hydrogens (tertiary/aromatic N) is 4. The average molecular weight is 275 g/mol. The van der Waals surface area contributed by atoms with Crippen LogP contribution in [0.3, 0.4) is 0 Å². The maximum Gasteiger partial charge on any atom is 0.405 e. The Morgan fingerprint density at radius 3 is 2.53 bits per heavy atom. The number of aromatic nitrogens is 2. The van der Waals surface area contributed by atoms with Crippen LogP contribution >= 0.6 is 0 Å². The summed E-state index contributed by atoms with van der Waals surface area (Å²) in [7, 11) is 0. The number of alkyl halides is 3. The lowest BCUT2D eigenvalue weighted by molar-refractivity contribution is -0.120. The molecule has 1 saturated carbocycles. The van der Waals surface area contributed by atoms with Crippen molar-refractivity contribution >= 4 is 11.7 Å². The Balaban J connectivity index is 2.18. The molecule has 1 aliphatic carbocycles. The summed E-state index contributed by atoms with van der Waals surface area (Å²) in [5, 5.41) is 11.2. The van der Waals surface area contributed by atoms with Crippen molar-refractivity contribution in [3.63, 3.8) is 0 Å². The molecule has 0 radical (unpaired) electrons. The molecular formula is C10H12F3N5O. The average Bonchev–Trinajstić information content (AvgIpc) is 3.18. The van der Waals surface area contributed by atoms with E-state index in [-0.39, 0.29) is 23.4 Å². The van der Waals surface area contributed by atoms with Gasteiger partial charge in [-0.15, -0.1) is 0 Å². The van der Waals surface area contributed by atoms with E-state index < -0.39 is 12.7 Å². The maximum atomic E-state index is 12.5. The second-order valence-electron chi connectivity index (χ2n) is 4.22. The van der Waals surface area contributed by atoms with E-state index in [1.165, 1.54) is 17.3 Å². The number of nitrogens with two attached hydrogens (primary N) is 1. The first kappa shape index (κ1) is 13.4. The van der Waals surface area contributed by atoms with Crippen LogP contribution in [0.2, 0.25) is 0 Å². The number of hydrogen-bond acceptors (Lipinski definition) is 5. The van der Waals surface area contributed by atoms with E-state index in [0.29, 0.717) is 12.8 Å². The fraction of sp³-hybridized carbons (Fsp3) is 0.500. The molecule has 3 N–H and O–H groups in total. The third-order valence-corrected chi connectivity index (χ3v) is 2.64. The van der Waals surface area contributed by atoms with E-state index >= 15 is 0 Å². The molecule has 0 unspecified atom stereocenters. The molecule has 0 aromatic carbocycles. The molecule has 6 nitrogen and oxygen atoms in total. The normalized spacial score (nSPS) is 16.5. The van der Waals surface area contributed by atoms with Crippen LogP contribution in [0.1, 0.15) is 18.5 Å². The predicted molar refractivity (Wildman–Crippen MR) is 61.0 cm³/mol. The first-order chi connectivity index (χ1) is 8.90. The molecule has 0 amide bonds. The van der Waals surface area contributed by atoms with Crippen LogP contribution in [-0.4, -0.2) is 39.8 Å². The van der Waals surface area contributed by atoms with Gasteiger partial charge in [-0.2, -0.15) is 13.2 Å². The Morgan fingerprint density at radius 1 is 1.42 bits per heavy atom. The molecule has 1 fully saturated rings. The number of anilines is 1. The summed E-state index contributed by atoms with van der Waals surface area (Å²) in [6.45, 7) is -1.06. The molecule has 0 atom stereocenters. The highest BCUT2D eigenvalue weighted by molar-refractivity contribution is 5.94. The summed E-state index contributed by atoms with van der Waals surface area (Å²) in [6.07, 6.45) is -0.512. The van der Waals surface area contributed by atoms with Gasteiger partial charge >= 0.3 is 6.18 Å². The van der Waals surface area contributed by atoms with Crippen molar-refractivity contribution in [2.75, 3.05) is 11.4 Å². The van der Waals surface area contributed by atoms with Gasteiger partial charge in [-0.05, 0) is 12.8 Å². The molecule has 1 aromatic heterocycles.